The second kappa shape index (κ2) is 15.2. The molecule has 1 amide bonds. The smallest absolute Gasteiger partial charge is 0.422 e. The van der Waals surface area contributed by atoms with Gasteiger partial charge in [-0.05, 0) is 74.1 Å². The summed E-state index contributed by atoms with van der Waals surface area (Å²) in [6.45, 7) is 2.15. The topological polar surface area (TPSA) is 157 Å². The lowest BCUT2D eigenvalue weighted by atomic mass is 9.93. The number of carbonyl (C=O) groups is 3. The van der Waals surface area contributed by atoms with Crippen molar-refractivity contribution >= 4 is 45.0 Å². The summed E-state index contributed by atoms with van der Waals surface area (Å²) in [5, 5.41) is 3.27. The van der Waals surface area contributed by atoms with Crippen molar-refractivity contribution in [3.8, 4) is 6.01 Å². The number of sulfonamides is 1. The summed E-state index contributed by atoms with van der Waals surface area (Å²) in [6, 6.07) is 13.5. The van der Waals surface area contributed by atoms with E-state index in [1.165, 1.54) is 0 Å². The zero-order valence-corrected chi connectivity index (χ0v) is 30.3. The maximum atomic E-state index is 12.9. The molecule has 11 nitrogen and oxygen atoms in total. The van der Waals surface area contributed by atoms with Gasteiger partial charge in [-0.25, -0.2) is 8.42 Å². The van der Waals surface area contributed by atoms with Gasteiger partial charge in [0, 0.05) is 36.3 Å². The molecule has 0 aliphatic heterocycles. The van der Waals surface area contributed by atoms with Crippen LogP contribution in [-0.2, 0) is 31.6 Å². The standard InChI is InChI=1S/C37H39ClF3N5O6S/c1-2-25-20-35(25,32(49)46-53(50,51)29-15-16-29)21-28(47)5-3-4-6-30(48)24-9-7-23(8-10-24)19-31-42-33(44-34(43-31)52-22-37(39,40)41)45-36(17-18-36)26-11-13-27(38)14-12-26/h2,7-14,25,29H,1,3-6,15-22H2,(H,46,49)(H,42,43,44,45)/t25-,35-/m1/s1. The van der Waals surface area contributed by atoms with E-state index >= 15 is 0 Å². The number of unbranched alkanes of at least 4 members (excludes halogenated alkanes) is 1. The number of ketones is 2. The first-order chi connectivity index (χ1) is 25.1. The lowest BCUT2D eigenvalue weighted by Crippen LogP contribution is -2.40. The molecule has 2 N–H and O–H groups in total. The van der Waals surface area contributed by atoms with Gasteiger partial charge in [-0.3, -0.25) is 19.1 Å². The fourth-order valence-electron chi connectivity index (χ4n) is 6.40. The molecule has 2 aromatic carbocycles. The van der Waals surface area contributed by atoms with E-state index in [9.17, 15) is 36.0 Å². The Balaban J connectivity index is 1.01. The summed E-state index contributed by atoms with van der Waals surface area (Å²) in [4.78, 5) is 51.3. The van der Waals surface area contributed by atoms with E-state index in [0.29, 0.717) is 48.3 Å². The predicted octanol–water partition coefficient (Wildman–Crippen LogP) is 6.66. The van der Waals surface area contributed by atoms with E-state index in [0.717, 1.165) is 18.4 Å². The number of alkyl halides is 3. The number of benzene rings is 2. The Morgan fingerprint density at radius 3 is 2.26 bits per heavy atom. The SMILES string of the molecule is C=C[C@@H]1C[C@]1(CC(=O)CCCCC(=O)c1ccc(Cc2nc(NC3(c4ccc(Cl)cc4)CC3)nc(OCC(F)(F)F)n2)cc1)C(=O)NS(=O)(=O)C1CC1. The first kappa shape index (κ1) is 38.4. The van der Waals surface area contributed by atoms with Crippen molar-refractivity contribution < 1.29 is 40.7 Å². The van der Waals surface area contributed by atoms with Crippen molar-refractivity contribution in [1.29, 1.82) is 0 Å². The van der Waals surface area contributed by atoms with Crippen molar-refractivity contribution in [2.75, 3.05) is 11.9 Å². The van der Waals surface area contributed by atoms with E-state index < -0.39 is 50.9 Å². The van der Waals surface area contributed by atoms with Crippen molar-refractivity contribution in [3.05, 3.63) is 88.7 Å². The Morgan fingerprint density at radius 1 is 0.981 bits per heavy atom. The number of rotatable bonds is 19. The number of hydrogen-bond donors (Lipinski definition) is 2. The zero-order valence-electron chi connectivity index (χ0n) is 28.8. The number of Topliss-reactive ketones (excluding diaryl/α,β-unsaturated/α-hetero) is 2. The lowest BCUT2D eigenvalue weighted by Gasteiger charge is -2.19. The maximum Gasteiger partial charge on any atom is 0.422 e. The van der Waals surface area contributed by atoms with Gasteiger partial charge in [0.1, 0.15) is 11.6 Å². The summed E-state index contributed by atoms with van der Waals surface area (Å²) in [6.07, 6.45) is 1.14. The van der Waals surface area contributed by atoms with Gasteiger partial charge in [-0.2, -0.15) is 28.1 Å². The van der Waals surface area contributed by atoms with Crippen molar-refractivity contribution in [1.82, 2.24) is 19.7 Å². The average molecular weight is 774 g/mol. The van der Waals surface area contributed by atoms with Crippen LogP contribution in [0.5, 0.6) is 6.01 Å². The predicted molar refractivity (Wildman–Crippen MR) is 190 cm³/mol. The minimum absolute atomic E-state index is 0.0718. The third-order valence-corrected chi connectivity index (χ3v) is 11.9. The third kappa shape index (κ3) is 9.79. The van der Waals surface area contributed by atoms with E-state index in [-0.39, 0.29) is 54.9 Å². The van der Waals surface area contributed by atoms with Gasteiger partial charge in [0.05, 0.1) is 16.2 Å². The quantitative estimate of drug-likeness (QED) is 0.0767. The highest BCUT2D eigenvalue weighted by atomic mass is 35.5. The normalized spacial score (nSPS) is 20.3. The van der Waals surface area contributed by atoms with E-state index in [1.54, 1.807) is 42.5 Å². The molecule has 3 aliphatic rings. The molecule has 1 aromatic heterocycles. The molecule has 3 saturated carbocycles. The molecule has 3 fully saturated rings. The van der Waals surface area contributed by atoms with Gasteiger partial charge in [0.2, 0.25) is 21.9 Å². The fourth-order valence-corrected chi connectivity index (χ4v) is 7.91. The molecule has 2 atom stereocenters. The molecule has 0 saturated heterocycles. The minimum Gasteiger partial charge on any atom is -0.454 e. The van der Waals surface area contributed by atoms with Crippen LogP contribution < -0.4 is 14.8 Å². The van der Waals surface area contributed by atoms with Crippen LogP contribution in [0.3, 0.4) is 0 Å². The second-order valence-corrected chi connectivity index (χ2v) is 16.5. The molecule has 3 aromatic rings. The molecule has 0 unspecified atom stereocenters. The van der Waals surface area contributed by atoms with Crippen molar-refractivity contribution in [2.24, 2.45) is 11.3 Å². The van der Waals surface area contributed by atoms with Crippen molar-refractivity contribution in [3.63, 3.8) is 0 Å². The molecule has 282 valence electrons. The lowest BCUT2D eigenvalue weighted by molar-refractivity contribution is -0.154. The highest BCUT2D eigenvalue weighted by Gasteiger charge is 2.60. The molecule has 0 spiro atoms. The molecule has 3 aliphatic carbocycles. The summed E-state index contributed by atoms with van der Waals surface area (Å²) >= 11 is 6.04. The number of amides is 1. The Labute approximate surface area is 310 Å². The molecular formula is C37H39ClF3N5O6S. The minimum atomic E-state index is -4.59. The Hall–Kier alpha value is -4.37. The Kier molecular flexibility index (Phi) is 11.0. The summed E-state index contributed by atoms with van der Waals surface area (Å²) in [5.41, 5.74) is 0.498. The first-order valence-corrected chi connectivity index (χ1v) is 19.3. The van der Waals surface area contributed by atoms with Crippen LogP contribution in [0.4, 0.5) is 19.1 Å². The van der Waals surface area contributed by atoms with E-state index in [1.807, 2.05) is 12.1 Å². The summed E-state index contributed by atoms with van der Waals surface area (Å²) < 4.78 is 70.5. The molecular weight excluding hydrogens is 735 g/mol. The summed E-state index contributed by atoms with van der Waals surface area (Å²) in [7, 11) is -3.73. The number of aromatic nitrogens is 3. The van der Waals surface area contributed by atoms with Crippen LogP contribution >= 0.6 is 11.6 Å². The average Bonchev–Trinajstić information content (AvgIpc) is 3.97. The van der Waals surface area contributed by atoms with E-state index in [4.69, 9.17) is 16.3 Å². The molecule has 1 heterocycles. The zero-order chi connectivity index (χ0) is 38.0. The third-order valence-electron chi connectivity index (χ3n) is 9.85. The van der Waals surface area contributed by atoms with Gasteiger partial charge in [-0.15, -0.1) is 6.58 Å². The number of hydrogen-bond acceptors (Lipinski definition) is 10. The highest BCUT2D eigenvalue weighted by Crippen LogP contribution is 2.56. The number of halogens is 4. The Morgan fingerprint density at radius 2 is 1.66 bits per heavy atom. The molecule has 53 heavy (non-hydrogen) atoms. The number of allylic oxidation sites excluding steroid dienone is 1. The Bertz CT molecular complexity index is 1990. The van der Waals surface area contributed by atoms with Crippen LogP contribution in [0.25, 0.3) is 0 Å². The van der Waals surface area contributed by atoms with E-state index in [2.05, 4.69) is 31.6 Å². The van der Waals surface area contributed by atoms with Crippen LogP contribution in [-0.4, -0.2) is 58.9 Å². The molecule has 0 bridgehead atoms. The maximum absolute atomic E-state index is 12.9. The van der Waals surface area contributed by atoms with Gasteiger partial charge in [0.25, 0.3) is 0 Å². The van der Waals surface area contributed by atoms with Crippen LogP contribution in [0.15, 0.2) is 61.2 Å². The number of anilines is 1. The molecule has 0 radical (unpaired) electrons. The fraction of sp³-hybridized carbons (Fsp3) is 0.459. The van der Waals surface area contributed by atoms with Gasteiger partial charge in [-0.1, -0.05) is 54.1 Å². The van der Waals surface area contributed by atoms with Crippen LogP contribution in [0.2, 0.25) is 5.02 Å². The largest absolute Gasteiger partial charge is 0.454 e. The number of nitrogens with one attached hydrogen (secondary N) is 2. The monoisotopic (exact) mass is 773 g/mol. The second-order valence-electron chi connectivity index (χ2n) is 14.1. The van der Waals surface area contributed by atoms with Crippen LogP contribution in [0.1, 0.15) is 91.5 Å². The first-order valence-electron chi connectivity index (χ1n) is 17.4. The van der Waals surface area contributed by atoms with Crippen LogP contribution in [0, 0.1) is 11.3 Å². The van der Waals surface area contributed by atoms with Gasteiger partial charge >= 0.3 is 12.2 Å². The highest BCUT2D eigenvalue weighted by molar-refractivity contribution is 7.90. The summed E-state index contributed by atoms with van der Waals surface area (Å²) in [5.74, 6) is -0.984. The molecule has 6 rings (SSSR count). The number of ether oxygens (including phenoxy) is 1. The van der Waals surface area contributed by atoms with Gasteiger partial charge < -0.3 is 10.1 Å². The van der Waals surface area contributed by atoms with Gasteiger partial charge in [0.15, 0.2) is 12.4 Å². The number of carbonyl (C=O) groups excluding carboxylic acids is 3. The number of nitrogens with zero attached hydrogens (tertiary/aromatic N) is 3. The molecule has 16 heteroatoms. The van der Waals surface area contributed by atoms with Crippen molar-refractivity contribution in [2.45, 2.75) is 87.6 Å².